The highest BCUT2D eigenvalue weighted by atomic mass is 19.1. The molecular weight excluding hydrogens is 431 g/mol. The first-order valence-electron chi connectivity index (χ1n) is 11.9. The van der Waals surface area contributed by atoms with Crippen molar-refractivity contribution in [2.45, 2.75) is 50.8 Å². The van der Waals surface area contributed by atoms with Crippen molar-refractivity contribution in [2.75, 3.05) is 18.0 Å². The predicted molar refractivity (Wildman–Crippen MR) is 131 cm³/mol. The van der Waals surface area contributed by atoms with Gasteiger partial charge < -0.3 is 20.4 Å². The van der Waals surface area contributed by atoms with Crippen molar-refractivity contribution in [3.05, 3.63) is 77.6 Å². The van der Waals surface area contributed by atoms with Gasteiger partial charge in [-0.15, -0.1) is 0 Å². The van der Waals surface area contributed by atoms with Crippen LogP contribution in [-0.4, -0.2) is 35.3 Å². The van der Waals surface area contributed by atoms with Crippen molar-refractivity contribution in [2.24, 2.45) is 5.41 Å². The predicted octanol–water partition coefficient (Wildman–Crippen LogP) is 4.98. The van der Waals surface area contributed by atoms with Gasteiger partial charge in [-0.05, 0) is 67.6 Å². The monoisotopic (exact) mass is 462 g/mol. The number of nitrogens with one attached hydrogen (secondary N) is 1. The van der Waals surface area contributed by atoms with Crippen LogP contribution in [-0.2, 0) is 10.4 Å². The van der Waals surface area contributed by atoms with Gasteiger partial charge in [0.2, 0.25) is 0 Å². The van der Waals surface area contributed by atoms with Gasteiger partial charge in [0, 0.05) is 36.4 Å². The van der Waals surface area contributed by atoms with Crippen LogP contribution in [0.25, 0.3) is 10.8 Å². The Kier molecular flexibility index (Phi) is 5.61. The fourth-order valence-electron chi connectivity index (χ4n) is 5.85. The number of carboxylic acids is 1. The summed E-state index contributed by atoms with van der Waals surface area (Å²) in [4.78, 5) is 13.7. The molecule has 2 fully saturated rings. The van der Waals surface area contributed by atoms with Crippen LogP contribution in [0.2, 0.25) is 0 Å². The molecular formula is C28H31FN2O3. The van der Waals surface area contributed by atoms with Crippen LogP contribution in [0, 0.1) is 11.2 Å². The Balaban J connectivity index is 1.29. The molecule has 1 saturated carbocycles. The largest absolute Gasteiger partial charge is 0.481 e. The molecule has 3 aromatic rings. The van der Waals surface area contributed by atoms with Gasteiger partial charge in [-0.3, -0.25) is 4.79 Å². The van der Waals surface area contributed by atoms with E-state index in [2.05, 4.69) is 59.6 Å². The summed E-state index contributed by atoms with van der Waals surface area (Å²) >= 11 is 0. The van der Waals surface area contributed by atoms with E-state index in [9.17, 15) is 19.4 Å². The Morgan fingerprint density at radius 3 is 2.65 bits per heavy atom. The summed E-state index contributed by atoms with van der Waals surface area (Å²) in [7, 11) is 0. The first-order valence-corrected chi connectivity index (χ1v) is 11.9. The summed E-state index contributed by atoms with van der Waals surface area (Å²) < 4.78 is 14.7. The van der Waals surface area contributed by atoms with Gasteiger partial charge in [0.1, 0.15) is 5.82 Å². The molecule has 0 bridgehead atoms. The van der Waals surface area contributed by atoms with E-state index in [-0.39, 0.29) is 30.5 Å². The molecule has 2 aliphatic rings. The second kappa shape index (κ2) is 8.36. The third-order valence-corrected chi connectivity index (χ3v) is 7.66. The molecule has 2 atom stereocenters. The van der Waals surface area contributed by atoms with Gasteiger partial charge in [0.15, 0.2) is 0 Å². The van der Waals surface area contributed by atoms with E-state index in [1.54, 1.807) is 19.1 Å². The minimum absolute atomic E-state index is 0.0163. The van der Waals surface area contributed by atoms with Crippen LogP contribution in [0.5, 0.6) is 0 Å². The van der Waals surface area contributed by atoms with E-state index in [1.807, 2.05) is 0 Å². The molecule has 0 radical (unpaired) electrons. The first-order chi connectivity index (χ1) is 16.2. The zero-order valence-corrected chi connectivity index (χ0v) is 19.6. The number of benzene rings is 3. The lowest BCUT2D eigenvalue weighted by atomic mass is 9.58. The molecule has 3 N–H and O–H groups in total. The number of carboxylic acid groups (broad SMARTS) is 1. The van der Waals surface area contributed by atoms with Crippen LogP contribution in [0.15, 0.2) is 60.7 Å². The van der Waals surface area contributed by atoms with Gasteiger partial charge >= 0.3 is 5.97 Å². The molecule has 1 unspecified atom stereocenters. The highest BCUT2D eigenvalue weighted by Gasteiger charge is 2.57. The lowest BCUT2D eigenvalue weighted by Crippen LogP contribution is -2.52. The summed E-state index contributed by atoms with van der Waals surface area (Å²) in [5.41, 5.74) is -0.125. The van der Waals surface area contributed by atoms with Crippen molar-refractivity contribution >= 4 is 22.4 Å². The summed E-state index contributed by atoms with van der Waals surface area (Å²) in [6.07, 6.45) is 0.994. The third-order valence-electron chi connectivity index (χ3n) is 7.66. The maximum Gasteiger partial charge on any atom is 0.309 e. The number of aliphatic carboxylic acids is 1. The molecule has 178 valence electrons. The second-order valence-electron chi connectivity index (χ2n) is 10.3. The molecule has 34 heavy (non-hydrogen) atoms. The number of anilines is 1. The Bertz CT molecular complexity index is 1230. The molecule has 0 aromatic heterocycles. The normalized spacial score (nSPS) is 27.5. The van der Waals surface area contributed by atoms with E-state index in [0.717, 1.165) is 25.2 Å². The average Bonchev–Trinajstić information content (AvgIpc) is 3.26. The van der Waals surface area contributed by atoms with Gasteiger partial charge in [-0.2, -0.15) is 0 Å². The second-order valence-corrected chi connectivity index (χ2v) is 10.3. The van der Waals surface area contributed by atoms with Gasteiger partial charge in [0.05, 0.1) is 11.0 Å². The SMILES string of the molecule is CC(N[C@H]1CCN(c2ccc(F)c(C3(O)CC(C)(C(=O)O)C3)c2)C1)c1cccc2ccccc12. The molecule has 1 saturated heterocycles. The average molecular weight is 463 g/mol. The van der Waals surface area contributed by atoms with E-state index in [1.165, 1.54) is 22.4 Å². The lowest BCUT2D eigenvalue weighted by molar-refractivity contribution is -0.180. The smallest absolute Gasteiger partial charge is 0.309 e. The third kappa shape index (κ3) is 3.95. The summed E-state index contributed by atoms with van der Waals surface area (Å²) in [6, 6.07) is 20.1. The minimum Gasteiger partial charge on any atom is -0.481 e. The minimum atomic E-state index is -1.44. The Labute approximate surface area is 199 Å². The fourth-order valence-corrected chi connectivity index (χ4v) is 5.85. The molecule has 3 aromatic carbocycles. The van der Waals surface area contributed by atoms with Crippen LogP contribution in [0.3, 0.4) is 0 Å². The number of aliphatic hydroxyl groups is 1. The van der Waals surface area contributed by atoms with E-state index in [4.69, 9.17) is 0 Å². The number of rotatable bonds is 6. The highest BCUT2D eigenvalue weighted by Crippen LogP contribution is 2.55. The molecule has 6 heteroatoms. The molecule has 1 heterocycles. The summed E-state index contributed by atoms with van der Waals surface area (Å²) in [5, 5.41) is 26.6. The first kappa shape index (κ1) is 22.8. The lowest BCUT2D eigenvalue weighted by Gasteiger charge is -2.49. The maximum absolute atomic E-state index is 14.7. The number of halogens is 1. The Morgan fingerprint density at radius 1 is 1.15 bits per heavy atom. The highest BCUT2D eigenvalue weighted by molar-refractivity contribution is 5.86. The number of fused-ring (bicyclic) bond motifs is 1. The zero-order valence-electron chi connectivity index (χ0n) is 19.6. The van der Waals surface area contributed by atoms with Gasteiger partial charge in [-0.25, -0.2) is 4.39 Å². The van der Waals surface area contributed by atoms with Crippen LogP contribution >= 0.6 is 0 Å². The zero-order chi connectivity index (χ0) is 24.1. The van der Waals surface area contributed by atoms with Crippen molar-refractivity contribution in [1.29, 1.82) is 0 Å². The Hall–Kier alpha value is -2.96. The number of hydrogen-bond donors (Lipinski definition) is 3. The van der Waals surface area contributed by atoms with Gasteiger partial charge in [0.25, 0.3) is 0 Å². The topological polar surface area (TPSA) is 72.8 Å². The van der Waals surface area contributed by atoms with Crippen molar-refractivity contribution < 1.29 is 19.4 Å². The standard InChI is InChI=1S/C28H31FN2O3/c1-18(22-9-5-7-19-6-3-4-8-23(19)22)30-20-12-13-31(15-20)21-10-11-25(29)24(14-21)28(34)16-27(2,17-28)26(32)33/h3-11,14,18,20,30,34H,12-13,15-17H2,1-2H3,(H,32,33)/t18?,20-,27?,28?/m0/s1. The number of hydrogen-bond acceptors (Lipinski definition) is 4. The van der Waals surface area contributed by atoms with E-state index in [0.29, 0.717) is 0 Å². The summed E-state index contributed by atoms with van der Waals surface area (Å²) in [5.74, 6) is -1.44. The summed E-state index contributed by atoms with van der Waals surface area (Å²) in [6.45, 7) is 5.40. The van der Waals surface area contributed by atoms with E-state index < -0.39 is 22.8 Å². The number of carbonyl (C=O) groups is 1. The van der Waals surface area contributed by atoms with Crippen molar-refractivity contribution in [3.8, 4) is 0 Å². The molecule has 5 nitrogen and oxygen atoms in total. The van der Waals surface area contributed by atoms with Crippen molar-refractivity contribution in [1.82, 2.24) is 5.32 Å². The number of nitrogens with zero attached hydrogens (tertiary/aromatic N) is 1. The van der Waals surface area contributed by atoms with E-state index >= 15 is 0 Å². The quantitative estimate of drug-likeness (QED) is 0.482. The maximum atomic E-state index is 14.7. The fraction of sp³-hybridized carbons (Fsp3) is 0.393. The Morgan fingerprint density at radius 2 is 1.88 bits per heavy atom. The molecule has 0 spiro atoms. The molecule has 1 aliphatic carbocycles. The van der Waals surface area contributed by atoms with Crippen LogP contribution in [0.1, 0.15) is 50.3 Å². The molecule has 5 rings (SSSR count). The molecule has 0 amide bonds. The van der Waals surface area contributed by atoms with Crippen molar-refractivity contribution in [3.63, 3.8) is 0 Å². The molecule has 1 aliphatic heterocycles. The van der Waals surface area contributed by atoms with Crippen LogP contribution < -0.4 is 10.2 Å². The van der Waals surface area contributed by atoms with Gasteiger partial charge in [-0.1, -0.05) is 42.5 Å². The van der Waals surface area contributed by atoms with Crippen LogP contribution in [0.4, 0.5) is 10.1 Å².